The first kappa shape index (κ1) is 15.0. The second-order valence-corrected chi connectivity index (χ2v) is 5.60. The van der Waals surface area contributed by atoms with Crippen LogP contribution in [0.5, 0.6) is 0 Å². The predicted octanol–water partition coefficient (Wildman–Crippen LogP) is 2.09. The fourth-order valence-corrected chi connectivity index (χ4v) is 2.87. The molecule has 0 radical (unpaired) electrons. The van der Waals surface area contributed by atoms with E-state index in [1.54, 1.807) is 6.92 Å². The summed E-state index contributed by atoms with van der Waals surface area (Å²) >= 11 is 1.29. The summed E-state index contributed by atoms with van der Waals surface area (Å²) < 4.78 is 4.74. The number of carbonyl (C=O) groups excluding carboxylic acids is 2. The number of hydrogen-bond donors (Lipinski definition) is 2. The molecule has 0 aliphatic heterocycles. The maximum atomic E-state index is 12.1. The number of esters is 1. The molecule has 0 aliphatic rings. The molecule has 0 unspecified atom stereocenters. The Kier molecular flexibility index (Phi) is 4.23. The van der Waals surface area contributed by atoms with E-state index in [-0.39, 0.29) is 11.1 Å². The number of anilines is 1. The van der Waals surface area contributed by atoms with Crippen molar-refractivity contribution in [1.29, 1.82) is 0 Å². The Morgan fingerprint density at radius 2 is 2.05 bits per heavy atom. The molecular weight excluding hydrogens is 292 g/mol. The van der Waals surface area contributed by atoms with Crippen molar-refractivity contribution in [2.75, 3.05) is 12.4 Å². The average Bonchev–Trinajstić information content (AvgIpc) is 2.73. The van der Waals surface area contributed by atoms with Crippen molar-refractivity contribution < 1.29 is 14.3 Å². The first-order valence-corrected chi connectivity index (χ1v) is 6.94. The normalized spacial score (nSPS) is 10.2. The van der Waals surface area contributed by atoms with Gasteiger partial charge in [-0.1, -0.05) is 0 Å². The third-order valence-corrected chi connectivity index (χ3v) is 4.16. The molecule has 2 aromatic rings. The molecule has 2 N–H and O–H groups in total. The first-order chi connectivity index (χ1) is 9.93. The van der Waals surface area contributed by atoms with Crippen LogP contribution in [0.2, 0.25) is 0 Å². The molecule has 110 valence electrons. The van der Waals surface area contributed by atoms with Gasteiger partial charge < -0.3 is 15.0 Å². The summed E-state index contributed by atoms with van der Waals surface area (Å²) in [4.78, 5) is 38.5. The number of nitrogens with one attached hydrogen (secondary N) is 2. The third-order valence-electron chi connectivity index (χ3n) is 3.04. The molecule has 0 spiro atoms. The van der Waals surface area contributed by atoms with Crippen LogP contribution in [0.25, 0.3) is 0 Å². The van der Waals surface area contributed by atoms with Gasteiger partial charge in [0.2, 0.25) is 5.56 Å². The lowest BCUT2D eigenvalue weighted by atomic mass is 10.1. The van der Waals surface area contributed by atoms with Crippen molar-refractivity contribution in [3.05, 3.63) is 50.3 Å². The molecule has 0 saturated carbocycles. The van der Waals surface area contributed by atoms with E-state index in [2.05, 4.69) is 10.3 Å². The molecule has 2 rings (SSSR count). The number of ether oxygens (including phenoxy) is 1. The number of methoxy groups -OCH3 is 1. The number of pyridine rings is 1. The van der Waals surface area contributed by atoms with Crippen LogP contribution in [-0.2, 0) is 4.74 Å². The summed E-state index contributed by atoms with van der Waals surface area (Å²) in [7, 11) is 1.29. The summed E-state index contributed by atoms with van der Waals surface area (Å²) in [5, 5.41) is 3.08. The standard InChI is InChI=1S/C14H14N2O4S/c1-7-8(2)21-13(11(7)14(19)20-3)16-12(18)9-4-5-15-10(17)6-9/h4-6H,1-3H3,(H,15,17)(H,16,18). The van der Waals surface area contributed by atoms with Gasteiger partial charge in [0.15, 0.2) is 0 Å². The van der Waals surface area contributed by atoms with Crippen LogP contribution in [0.3, 0.4) is 0 Å². The molecule has 0 aromatic carbocycles. The molecule has 0 saturated heterocycles. The largest absolute Gasteiger partial charge is 0.465 e. The number of amides is 1. The van der Waals surface area contributed by atoms with Crippen molar-refractivity contribution in [3.63, 3.8) is 0 Å². The van der Waals surface area contributed by atoms with E-state index in [9.17, 15) is 14.4 Å². The quantitative estimate of drug-likeness (QED) is 0.850. The Bertz CT molecular complexity index is 761. The topological polar surface area (TPSA) is 88.3 Å². The number of hydrogen-bond acceptors (Lipinski definition) is 5. The van der Waals surface area contributed by atoms with Gasteiger partial charge in [-0.25, -0.2) is 4.79 Å². The number of aromatic amines is 1. The van der Waals surface area contributed by atoms with Crippen molar-refractivity contribution in [2.45, 2.75) is 13.8 Å². The van der Waals surface area contributed by atoms with Crippen LogP contribution in [0, 0.1) is 13.8 Å². The van der Waals surface area contributed by atoms with Crippen LogP contribution in [-0.4, -0.2) is 24.0 Å². The smallest absolute Gasteiger partial charge is 0.341 e. The van der Waals surface area contributed by atoms with Gasteiger partial charge in [-0.2, -0.15) is 0 Å². The number of rotatable bonds is 3. The molecule has 1 amide bonds. The van der Waals surface area contributed by atoms with Crippen molar-refractivity contribution in [1.82, 2.24) is 4.98 Å². The molecular formula is C14H14N2O4S. The molecule has 21 heavy (non-hydrogen) atoms. The SMILES string of the molecule is COC(=O)c1c(NC(=O)c2cc[nH]c(=O)c2)sc(C)c1C. The highest BCUT2D eigenvalue weighted by atomic mass is 32.1. The highest BCUT2D eigenvalue weighted by Crippen LogP contribution is 2.33. The summed E-state index contributed by atoms with van der Waals surface area (Å²) in [6.07, 6.45) is 1.39. The second kappa shape index (κ2) is 5.92. The predicted molar refractivity (Wildman–Crippen MR) is 80.1 cm³/mol. The van der Waals surface area contributed by atoms with Crippen LogP contribution < -0.4 is 10.9 Å². The average molecular weight is 306 g/mol. The minimum Gasteiger partial charge on any atom is -0.465 e. The van der Waals surface area contributed by atoms with Crippen LogP contribution in [0.4, 0.5) is 5.00 Å². The van der Waals surface area contributed by atoms with E-state index in [0.717, 1.165) is 10.4 Å². The second-order valence-electron chi connectivity index (χ2n) is 4.37. The first-order valence-electron chi connectivity index (χ1n) is 6.12. The van der Waals surface area contributed by atoms with Gasteiger partial charge in [0.1, 0.15) is 5.00 Å². The molecule has 7 heteroatoms. The Morgan fingerprint density at radius 1 is 1.33 bits per heavy atom. The third kappa shape index (κ3) is 3.03. The maximum absolute atomic E-state index is 12.1. The van der Waals surface area contributed by atoms with E-state index >= 15 is 0 Å². The fraction of sp³-hybridized carbons (Fsp3) is 0.214. The maximum Gasteiger partial charge on any atom is 0.341 e. The van der Waals surface area contributed by atoms with Crippen molar-refractivity contribution in [3.8, 4) is 0 Å². The number of aryl methyl sites for hydroxylation is 1. The van der Waals surface area contributed by atoms with Gasteiger partial charge in [0.05, 0.1) is 12.7 Å². The molecule has 2 heterocycles. The van der Waals surface area contributed by atoms with Gasteiger partial charge in [-0.05, 0) is 25.5 Å². The van der Waals surface area contributed by atoms with Crippen molar-refractivity contribution in [2.24, 2.45) is 0 Å². The molecule has 2 aromatic heterocycles. The zero-order chi connectivity index (χ0) is 15.6. The lowest BCUT2D eigenvalue weighted by molar-refractivity contribution is 0.0601. The summed E-state index contributed by atoms with van der Waals surface area (Å²) in [5.41, 5.74) is 0.971. The Hall–Kier alpha value is -2.41. The summed E-state index contributed by atoms with van der Waals surface area (Å²) in [6, 6.07) is 2.68. The minimum atomic E-state index is -0.502. The van der Waals surface area contributed by atoms with E-state index in [1.807, 2.05) is 6.92 Å². The summed E-state index contributed by atoms with van der Waals surface area (Å²) in [5.74, 6) is -0.953. The zero-order valence-electron chi connectivity index (χ0n) is 11.8. The fourth-order valence-electron chi connectivity index (χ4n) is 1.82. The van der Waals surface area contributed by atoms with Gasteiger partial charge in [0, 0.05) is 22.7 Å². The summed E-state index contributed by atoms with van der Waals surface area (Å²) in [6.45, 7) is 3.65. The van der Waals surface area contributed by atoms with E-state index in [4.69, 9.17) is 4.74 Å². The number of H-pyrrole nitrogens is 1. The number of carbonyl (C=O) groups is 2. The lowest BCUT2D eigenvalue weighted by Crippen LogP contribution is -2.16. The Balaban J connectivity index is 2.36. The Morgan fingerprint density at radius 3 is 2.67 bits per heavy atom. The van der Waals surface area contributed by atoms with E-state index < -0.39 is 11.9 Å². The lowest BCUT2D eigenvalue weighted by Gasteiger charge is -2.05. The monoisotopic (exact) mass is 306 g/mol. The highest BCUT2D eigenvalue weighted by molar-refractivity contribution is 7.16. The Labute approximate surface area is 124 Å². The number of aromatic nitrogens is 1. The van der Waals surface area contributed by atoms with Crippen LogP contribution in [0.1, 0.15) is 31.2 Å². The van der Waals surface area contributed by atoms with E-state index in [0.29, 0.717) is 10.6 Å². The van der Waals surface area contributed by atoms with Crippen LogP contribution in [0.15, 0.2) is 23.1 Å². The van der Waals surface area contributed by atoms with Crippen LogP contribution >= 0.6 is 11.3 Å². The minimum absolute atomic E-state index is 0.221. The highest BCUT2D eigenvalue weighted by Gasteiger charge is 2.21. The van der Waals surface area contributed by atoms with Gasteiger partial charge in [-0.15, -0.1) is 11.3 Å². The van der Waals surface area contributed by atoms with Gasteiger partial charge >= 0.3 is 5.97 Å². The molecule has 0 fully saturated rings. The van der Waals surface area contributed by atoms with Gasteiger partial charge in [-0.3, -0.25) is 9.59 Å². The number of thiophene rings is 1. The van der Waals surface area contributed by atoms with Crippen molar-refractivity contribution >= 4 is 28.2 Å². The zero-order valence-corrected chi connectivity index (χ0v) is 12.6. The van der Waals surface area contributed by atoms with Gasteiger partial charge in [0.25, 0.3) is 5.91 Å². The molecule has 0 bridgehead atoms. The van der Waals surface area contributed by atoms with E-state index in [1.165, 1.54) is 36.8 Å². The molecule has 0 aliphatic carbocycles. The molecule has 6 nitrogen and oxygen atoms in total. The molecule has 0 atom stereocenters.